The van der Waals surface area contributed by atoms with Crippen molar-refractivity contribution in [2.45, 2.75) is 31.7 Å². The molecule has 5 rings (SSSR count). The molecule has 1 aromatic heterocycles. The van der Waals surface area contributed by atoms with Gasteiger partial charge in [-0.25, -0.2) is 13.4 Å². The zero-order valence-electron chi connectivity index (χ0n) is 16.8. The second kappa shape index (κ2) is 7.12. The molecule has 0 spiro atoms. The fourth-order valence-corrected chi connectivity index (χ4v) is 5.56. The SMILES string of the molecule is CS(=O)(=O)N1CCc2cc(C(=O)N3CCCCC3c3nc4ccccc4[nH]3)ccc21. The highest BCUT2D eigenvalue weighted by molar-refractivity contribution is 7.92. The number of aromatic nitrogens is 2. The third-order valence-electron chi connectivity index (χ3n) is 6.07. The molecule has 1 unspecified atom stereocenters. The van der Waals surface area contributed by atoms with Crippen molar-refractivity contribution >= 4 is 32.7 Å². The van der Waals surface area contributed by atoms with Crippen LogP contribution >= 0.6 is 0 Å². The molecular formula is C22H24N4O3S. The molecule has 1 amide bonds. The van der Waals surface area contributed by atoms with E-state index in [2.05, 4.69) is 4.98 Å². The first-order chi connectivity index (χ1) is 14.4. The molecule has 3 aromatic rings. The normalized spacial score (nSPS) is 19.3. The van der Waals surface area contributed by atoms with Gasteiger partial charge < -0.3 is 9.88 Å². The maximum absolute atomic E-state index is 13.4. The van der Waals surface area contributed by atoms with E-state index in [4.69, 9.17) is 4.98 Å². The number of rotatable bonds is 3. The molecular weight excluding hydrogens is 400 g/mol. The standard InChI is InChI=1S/C22H24N4O3S/c1-30(28,29)26-13-11-15-14-16(9-10-19(15)26)22(27)25-12-5-4-8-20(25)21-23-17-6-2-3-7-18(17)24-21/h2-3,6-7,9-10,14,20H,4-5,8,11-13H2,1H3,(H,23,24). The van der Waals surface area contributed by atoms with Gasteiger partial charge in [-0.2, -0.15) is 0 Å². The Balaban J connectivity index is 1.46. The number of anilines is 1. The summed E-state index contributed by atoms with van der Waals surface area (Å²) in [7, 11) is -3.30. The van der Waals surface area contributed by atoms with Gasteiger partial charge in [0.2, 0.25) is 10.0 Å². The Hall–Kier alpha value is -2.87. The van der Waals surface area contributed by atoms with Crippen molar-refractivity contribution < 1.29 is 13.2 Å². The molecule has 1 N–H and O–H groups in total. The number of H-pyrrole nitrogens is 1. The number of hydrogen-bond donors (Lipinski definition) is 1. The number of imidazole rings is 1. The average molecular weight is 425 g/mol. The Bertz CT molecular complexity index is 1200. The lowest BCUT2D eigenvalue weighted by atomic mass is 9.99. The van der Waals surface area contributed by atoms with Crippen molar-refractivity contribution in [3.63, 3.8) is 0 Å². The van der Waals surface area contributed by atoms with E-state index in [-0.39, 0.29) is 11.9 Å². The van der Waals surface area contributed by atoms with Gasteiger partial charge in [0.15, 0.2) is 0 Å². The van der Waals surface area contributed by atoms with Crippen molar-refractivity contribution in [1.29, 1.82) is 0 Å². The predicted octanol–water partition coefficient (Wildman–Crippen LogP) is 3.25. The van der Waals surface area contributed by atoms with Crippen LogP contribution in [0.2, 0.25) is 0 Å². The first-order valence-electron chi connectivity index (χ1n) is 10.3. The highest BCUT2D eigenvalue weighted by Gasteiger charge is 2.32. The van der Waals surface area contributed by atoms with Crippen LogP contribution in [0.15, 0.2) is 42.5 Å². The number of hydrogen-bond acceptors (Lipinski definition) is 4. The number of nitrogens with zero attached hydrogens (tertiary/aromatic N) is 3. The van der Waals surface area contributed by atoms with E-state index in [1.165, 1.54) is 10.6 Å². The Morgan fingerprint density at radius 1 is 1.13 bits per heavy atom. The summed E-state index contributed by atoms with van der Waals surface area (Å²) in [6.45, 7) is 1.12. The fraction of sp³-hybridized carbons (Fsp3) is 0.364. The van der Waals surface area contributed by atoms with Crippen LogP contribution < -0.4 is 4.31 Å². The van der Waals surface area contributed by atoms with Gasteiger partial charge >= 0.3 is 0 Å². The second-order valence-corrected chi connectivity index (χ2v) is 9.98. The van der Waals surface area contributed by atoms with Crippen molar-refractivity contribution in [3.05, 3.63) is 59.4 Å². The number of benzene rings is 2. The lowest BCUT2D eigenvalue weighted by Gasteiger charge is -2.34. The Labute approximate surface area is 175 Å². The third-order valence-corrected chi connectivity index (χ3v) is 7.25. The van der Waals surface area contributed by atoms with Crippen LogP contribution in [-0.4, -0.2) is 48.5 Å². The molecule has 0 saturated carbocycles. The van der Waals surface area contributed by atoms with Gasteiger partial charge in [-0.1, -0.05) is 12.1 Å². The Morgan fingerprint density at radius 3 is 2.77 bits per heavy atom. The van der Waals surface area contributed by atoms with Gasteiger partial charge in [0.25, 0.3) is 5.91 Å². The maximum Gasteiger partial charge on any atom is 0.254 e. The molecule has 8 heteroatoms. The number of fused-ring (bicyclic) bond motifs is 2. The minimum atomic E-state index is -3.30. The van der Waals surface area contributed by atoms with Gasteiger partial charge in [-0.15, -0.1) is 0 Å². The lowest BCUT2D eigenvalue weighted by molar-refractivity contribution is 0.0601. The first kappa shape index (κ1) is 19.1. The van der Waals surface area contributed by atoms with Gasteiger partial charge in [0, 0.05) is 18.7 Å². The van der Waals surface area contributed by atoms with E-state index in [0.717, 1.165) is 41.7 Å². The minimum Gasteiger partial charge on any atom is -0.340 e. The molecule has 2 aromatic carbocycles. The lowest BCUT2D eigenvalue weighted by Crippen LogP contribution is -2.39. The number of para-hydroxylation sites is 2. The number of likely N-dealkylation sites (tertiary alicyclic amines) is 1. The molecule has 2 aliphatic heterocycles. The topological polar surface area (TPSA) is 86.4 Å². The summed E-state index contributed by atoms with van der Waals surface area (Å²) in [6.07, 6.45) is 4.73. The number of nitrogens with one attached hydrogen (secondary N) is 1. The van der Waals surface area contributed by atoms with E-state index in [0.29, 0.717) is 30.8 Å². The van der Waals surface area contributed by atoms with Gasteiger partial charge in [-0.05, 0) is 61.6 Å². The van der Waals surface area contributed by atoms with Gasteiger partial charge in [0.1, 0.15) is 5.82 Å². The van der Waals surface area contributed by atoms with Crippen LogP contribution in [0.3, 0.4) is 0 Å². The molecule has 30 heavy (non-hydrogen) atoms. The Morgan fingerprint density at radius 2 is 1.97 bits per heavy atom. The largest absolute Gasteiger partial charge is 0.340 e. The van der Waals surface area contributed by atoms with Crippen LogP contribution in [-0.2, 0) is 16.4 Å². The predicted molar refractivity (Wildman–Crippen MR) is 116 cm³/mol. The monoisotopic (exact) mass is 424 g/mol. The average Bonchev–Trinajstić information content (AvgIpc) is 3.36. The van der Waals surface area contributed by atoms with E-state index in [1.54, 1.807) is 12.1 Å². The number of carbonyl (C=O) groups excluding carboxylic acids is 1. The molecule has 3 heterocycles. The van der Waals surface area contributed by atoms with Crippen molar-refractivity contribution in [2.75, 3.05) is 23.7 Å². The summed E-state index contributed by atoms with van der Waals surface area (Å²) in [5.41, 5.74) is 4.07. The van der Waals surface area contributed by atoms with Crippen LogP contribution in [0.25, 0.3) is 11.0 Å². The zero-order valence-corrected chi connectivity index (χ0v) is 17.7. The summed E-state index contributed by atoms with van der Waals surface area (Å²) < 4.78 is 25.4. The Kier molecular flexibility index (Phi) is 4.54. The molecule has 1 fully saturated rings. The van der Waals surface area contributed by atoms with Gasteiger partial charge in [-0.3, -0.25) is 9.10 Å². The molecule has 7 nitrogen and oxygen atoms in total. The number of sulfonamides is 1. The van der Waals surface area contributed by atoms with Crippen LogP contribution in [0.4, 0.5) is 5.69 Å². The molecule has 2 aliphatic rings. The van der Waals surface area contributed by atoms with E-state index >= 15 is 0 Å². The summed E-state index contributed by atoms with van der Waals surface area (Å²) in [6, 6.07) is 13.2. The quantitative estimate of drug-likeness (QED) is 0.699. The van der Waals surface area contributed by atoms with Crippen molar-refractivity contribution in [2.24, 2.45) is 0 Å². The van der Waals surface area contributed by atoms with Crippen LogP contribution in [0.1, 0.15) is 47.1 Å². The van der Waals surface area contributed by atoms with E-state index in [1.807, 2.05) is 35.2 Å². The molecule has 0 bridgehead atoms. The van der Waals surface area contributed by atoms with Gasteiger partial charge in [0.05, 0.1) is 29.0 Å². The smallest absolute Gasteiger partial charge is 0.254 e. The number of aromatic amines is 1. The summed E-state index contributed by atoms with van der Waals surface area (Å²) >= 11 is 0. The number of piperidine rings is 1. The van der Waals surface area contributed by atoms with E-state index < -0.39 is 10.0 Å². The fourth-order valence-electron chi connectivity index (χ4n) is 4.60. The van der Waals surface area contributed by atoms with Crippen molar-refractivity contribution in [1.82, 2.24) is 14.9 Å². The van der Waals surface area contributed by atoms with E-state index in [9.17, 15) is 13.2 Å². The summed E-state index contributed by atoms with van der Waals surface area (Å²) in [4.78, 5) is 23.5. The molecule has 1 atom stereocenters. The molecule has 1 saturated heterocycles. The highest BCUT2D eigenvalue weighted by Crippen LogP contribution is 2.34. The molecule has 0 aliphatic carbocycles. The number of carbonyl (C=O) groups is 1. The third kappa shape index (κ3) is 3.25. The van der Waals surface area contributed by atoms with Crippen LogP contribution in [0, 0.1) is 0 Å². The molecule has 156 valence electrons. The maximum atomic E-state index is 13.4. The number of amides is 1. The van der Waals surface area contributed by atoms with Crippen LogP contribution in [0.5, 0.6) is 0 Å². The second-order valence-electron chi connectivity index (χ2n) is 8.08. The summed E-state index contributed by atoms with van der Waals surface area (Å²) in [5.74, 6) is 0.800. The molecule has 0 radical (unpaired) electrons. The highest BCUT2D eigenvalue weighted by atomic mass is 32.2. The zero-order chi connectivity index (χ0) is 20.9. The first-order valence-corrected chi connectivity index (χ1v) is 12.1. The minimum absolute atomic E-state index is 0.0271. The summed E-state index contributed by atoms with van der Waals surface area (Å²) in [5, 5.41) is 0. The van der Waals surface area contributed by atoms with Crippen molar-refractivity contribution in [3.8, 4) is 0 Å².